The summed E-state index contributed by atoms with van der Waals surface area (Å²) in [6.07, 6.45) is 0.301. The molecule has 196 valence electrons. The zero-order chi connectivity index (χ0) is 27.6. The van der Waals surface area contributed by atoms with Crippen LogP contribution in [0.3, 0.4) is 0 Å². The second-order valence-electron chi connectivity index (χ2n) is 9.70. The molecule has 3 aromatic carbocycles. The number of likely N-dealkylation sites (N-methyl/N-ethyl adjacent to an activating group) is 1. The Morgan fingerprint density at radius 3 is 2.45 bits per heavy atom. The molecule has 0 saturated carbocycles. The van der Waals surface area contributed by atoms with Gasteiger partial charge in [0.15, 0.2) is 5.88 Å². The van der Waals surface area contributed by atoms with Crippen LogP contribution in [0.25, 0.3) is 10.9 Å². The number of carboxylic acids is 1. The fourth-order valence-electron chi connectivity index (χ4n) is 4.21. The Bertz CT molecular complexity index is 1530. The van der Waals surface area contributed by atoms with Gasteiger partial charge in [0.25, 0.3) is 0 Å². The van der Waals surface area contributed by atoms with Crippen molar-refractivity contribution in [3.05, 3.63) is 89.2 Å². The molecule has 1 heterocycles. The molecule has 4 rings (SSSR count). The molecule has 0 aliphatic rings. The Balaban J connectivity index is 1.82. The third kappa shape index (κ3) is 5.73. The van der Waals surface area contributed by atoms with Crippen LogP contribution < -0.4 is 10.6 Å². The van der Waals surface area contributed by atoms with Crippen molar-refractivity contribution in [2.45, 2.75) is 32.2 Å². The molecule has 0 fully saturated rings. The van der Waals surface area contributed by atoms with Crippen LogP contribution in [0.2, 0.25) is 0 Å². The normalized spacial score (nSPS) is 12.1. The van der Waals surface area contributed by atoms with E-state index in [2.05, 4.69) is 4.98 Å². The summed E-state index contributed by atoms with van der Waals surface area (Å²) in [5, 5.41) is 20.5. The lowest BCUT2D eigenvalue weighted by molar-refractivity contribution is -0.137. The van der Waals surface area contributed by atoms with Crippen LogP contribution in [0.1, 0.15) is 37.0 Å². The maximum Gasteiger partial charge on any atom is 0.303 e. The average Bonchev–Trinajstić information content (AvgIpc) is 3.19. The van der Waals surface area contributed by atoms with Crippen LogP contribution in [0.4, 0.5) is 15.8 Å². The molecule has 0 unspecified atom stereocenters. The van der Waals surface area contributed by atoms with E-state index in [4.69, 9.17) is 15.8 Å². The predicted molar refractivity (Wildman–Crippen MR) is 146 cm³/mol. The number of aryl methyl sites for hydroxylation is 1. The Kier molecular flexibility index (Phi) is 7.32. The molecular weight excluding hydrogens is 487 g/mol. The molecule has 0 radical (unpaired) electrons. The average molecular weight is 517 g/mol. The molecule has 9 heteroatoms. The lowest BCUT2D eigenvalue weighted by Crippen LogP contribution is -2.49. The van der Waals surface area contributed by atoms with Gasteiger partial charge in [0.2, 0.25) is 5.91 Å². The molecule has 1 aromatic heterocycles. The predicted octanol–water partition coefficient (Wildman–Crippen LogP) is 4.90. The number of nitrogens with two attached hydrogens (primary N) is 1. The molecule has 0 aliphatic carbocycles. The van der Waals surface area contributed by atoms with E-state index in [1.165, 1.54) is 17.0 Å². The maximum atomic E-state index is 13.9. The number of rotatable bonds is 8. The standard InChI is InChI=1S/C29H29FN4O4/c1-29(2,31)28(38)34(3)21-11-9-20(10-12-21)32-26(18-6-4-5-17(15-18)7-14-24(35)36)25-22-13-8-19(30)16-23(22)33-27(25)37/h4-6,8-13,15-16,33,37H,7,14,31H2,1-3H3,(H,35,36). The van der Waals surface area contributed by atoms with Gasteiger partial charge < -0.3 is 25.8 Å². The van der Waals surface area contributed by atoms with Gasteiger partial charge in [0, 0.05) is 30.1 Å². The SMILES string of the molecule is CN(C(=O)C(C)(C)N)c1ccc(N=C(c2cccc(CCC(=O)O)c2)c2c(O)[nH]c3cc(F)ccc23)cc1. The van der Waals surface area contributed by atoms with Gasteiger partial charge >= 0.3 is 5.97 Å². The van der Waals surface area contributed by atoms with E-state index in [9.17, 15) is 19.1 Å². The first-order chi connectivity index (χ1) is 17.9. The first-order valence-corrected chi connectivity index (χ1v) is 12.0. The Labute approximate surface area is 219 Å². The number of carbonyl (C=O) groups is 2. The minimum atomic E-state index is -1.03. The van der Waals surface area contributed by atoms with Crippen LogP contribution in [0.5, 0.6) is 5.88 Å². The summed E-state index contributed by atoms with van der Waals surface area (Å²) >= 11 is 0. The number of benzene rings is 3. The summed E-state index contributed by atoms with van der Waals surface area (Å²) in [6.45, 7) is 3.28. The van der Waals surface area contributed by atoms with E-state index >= 15 is 0 Å². The summed E-state index contributed by atoms with van der Waals surface area (Å²) in [5.74, 6) is -1.77. The monoisotopic (exact) mass is 516 g/mol. The fraction of sp³-hybridized carbons (Fsp3) is 0.207. The smallest absolute Gasteiger partial charge is 0.303 e. The Hall–Kier alpha value is -4.50. The third-order valence-electron chi connectivity index (χ3n) is 6.14. The quantitative estimate of drug-likeness (QED) is 0.247. The van der Waals surface area contributed by atoms with Crippen molar-refractivity contribution < 1.29 is 24.2 Å². The summed E-state index contributed by atoms with van der Waals surface area (Å²) < 4.78 is 13.9. The van der Waals surface area contributed by atoms with Crippen molar-refractivity contribution in [3.8, 4) is 5.88 Å². The number of nitrogens with zero attached hydrogens (tertiary/aromatic N) is 2. The van der Waals surface area contributed by atoms with Gasteiger partial charge in [-0.1, -0.05) is 18.2 Å². The first-order valence-electron chi connectivity index (χ1n) is 12.0. The summed E-state index contributed by atoms with van der Waals surface area (Å²) in [5.41, 5.74) is 8.76. The molecule has 0 saturated heterocycles. The number of carbonyl (C=O) groups excluding carboxylic acids is 1. The molecular formula is C29H29FN4O4. The number of halogens is 1. The van der Waals surface area contributed by atoms with Gasteiger partial charge in [-0.25, -0.2) is 9.38 Å². The molecule has 5 N–H and O–H groups in total. The number of aromatic nitrogens is 1. The number of anilines is 1. The number of carboxylic acid groups (broad SMARTS) is 1. The second kappa shape index (κ2) is 10.5. The highest BCUT2D eigenvalue weighted by atomic mass is 19.1. The zero-order valence-corrected chi connectivity index (χ0v) is 21.3. The van der Waals surface area contributed by atoms with E-state index in [1.54, 1.807) is 57.3 Å². The summed E-state index contributed by atoms with van der Waals surface area (Å²) in [6, 6.07) is 18.4. The van der Waals surface area contributed by atoms with Gasteiger partial charge in [-0.15, -0.1) is 0 Å². The van der Waals surface area contributed by atoms with Crippen LogP contribution in [0.15, 0.2) is 71.7 Å². The molecule has 38 heavy (non-hydrogen) atoms. The number of aromatic amines is 1. The van der Waals surface area contributed by atoms with Crippen LogP contribution in [-0.4, -0.2) is 45.4 Å². The molecule has 8 nitrogen and oxygen atoms in total. The number of H-pyrrole nitrogens is 1. The number of hydrogen-bond donors (Lipinski definition) is 4. The zero-order valence-electron chi connectivity index (χ0n) is 21.3. The van der Waals surface area contributed by atoms with Gasteiger partial charge in [0.1, 0.15) is 5.82 Å². The van der Waals surface area contributed by atoms with E-state index in [0.29, 0.717) is 45.5 Å². The minimum Gasteiger partial charge on any atom is -0.494 e. The second-order valence-corrected chi connectivity index (χ2v) is 9.70. The number of fused-ring (bicyclic) bond motifs is 1. The highest BCUT2D eigenvalue weighted by Gasteiger charge is 2.26. The summed E-state index contributed by atoms with van der Waals surface area (Å²) in [7, 11) is 1.65. The topological polar surface area (TPSA) is 132 Å². The highest BCUT2D eigenvalue weighted by molar-refractivity contribution is 6.22. The number of aliphatic carboxylic acids is 1. The number of nitrogens with one attached hydrogen (secondary N) is 1. The summed E-state index contributed by atoms with van der Waals surface area (Å²) in [4.78, 5) is 32.8. The largest absolute Gasteiger partial charge is 0.494 e. The number of hydrogen-bond acceptors (Lipinski definition) is 5. The molecule has 4 aromatic rings. The van der Waals surface area contributed by atoms with E-state index in [0.717, 1.165) is 5.56 Å². The van der Waals surface area contributed by atoms with Gasteiger partial charge in [-0.05, 0) is 74.4 Å². The van der Waals surface area contributed by atoms with Crippen LogP contribution >= 0.6 is 0 Å². The van der Waals surface area contributed by atoms with Crippen molar-refractivity contribution >= 4 is 39.9 Å². The Morgan fingerprint density at radius 1 is 1.08 bits per heavy atom. The van der Waals surface area contributed by atoms with Crippen molar-refractivity contribution in [1.82, 2.24) is 4.98 Å². The first kappa shape index (κ1) is 26.6. The molecule has 0 spiro atoms. The van der Waals surface area contributed by atoms with E-state index in [-0.39, 0.29) is 18.2 Å². The molecule has 1 amide bonds. The lowest BCUT2D eigenvalue weighted by Gasteiger charge is -2.25. The fourth-order valence-corrected chi connectivity index (χ4v) is 4.21. The number of amides is 1. The van der Waals surface area contributed by atoms with Crippen molar-refractivity contribution in [1.29, 1.82) is 0 Å². The van der Waals surface area contributed by atoms with Gasteiger partial charge in [-0.2, -0.15) is 0 Å². The molecule has 0 bridgehead atoms. The Morgan fingerprint density at radius 2 is 1.79 bits per heavy atom. The van der Waals surface area contributed by atoms with Crippen LogP contribution in [-0.2, 0) is 16.0 Å². The number of aliphatic imine (C=N–C) groups is 1. The maximum absolute atomic E-state index is 13.9. The van der Waals surface area contributed by atoms with Gasteiger partial charge in [0.05, 0.1) is 28.0 Å². The lowest BCUT2D eigenvalue weighted by atomic mass is 9.97. The van der Waals surface area contributed by atoms with E-state index < -0.39 is 17.3 Å². The van der Waals surface area contributed by atoms with Crippen molar-refractivity contribution in [2.75, 3.05) is 11.9 Å². The minimum absolute atomic E-state index is 0.0269. The van der Waals surface area contributed by atoms with Crippen molar-refractivity contribution in [3.63, 3.8) is 0 Å². The van der Waals surface area contributed by atoms with Crippen molar-refractivity contribution in [2.24, 2.45) is 10.7 Å². The van der Waals surface area contributed by atoms with E-state index in [1.807, 2.05) is 18.2 Å². The molecule has 0 atom stereocenters. The molecule has 0 aliphatic heterocycles. The third-order valence-corrected chi connectivity index (χ3v) is 6.14. The van der Waals surface area contributed by atoms with Gasteiger partial charge in [-0.3, -0.25) is 9.59 Å². The van der Waals surface area contributed by atoms with Crippen LogP contribution in [0, 0.1) is 5.82 Å². The highest BCUT2D eigenvalue weighted by Crippen LogP contribution is 2.32. The number of aromatic hydroxyl groups is 1.